The Hall–Kier alpha value is -2.05. The van der Waals surface area contributed by atoms with E-state index in [2.05, 4.69) is 23.2 Å². The molecule has 2 aromatic carbocycles. The number of aryl methyl sites for hydroxylation is 1. The van der Waals surface area contributed by atoms with Crippen LogP contribution in [0, 0.1) is 12.8 Å². The number of amides is 1. The molecule has 2 aliphatic heterocycles. The van der Waals surface area contributed by atoms with E-state index in [0.29, 0.717) is 31.4 Å². The Balaban J connectivity index is 1.23. The molecule has 0 aliphatic carbocycles. The number of carbonyl (C=O) groups is 1. The van der Waals surface area contributed by atoms with E-state index in [1.54, 1.807) is 0 Å². The molecule has 1 N–H and O–H groups in total. The van der Waals surface area contributed by atoms with Crippen LogP contribution in [0.15, 0.2) is 41.3 Å². The molecule has 0 saturated carbocycles. The number of benzene rings is 2. The highest BCUT2D eigenvalue weighted by Gasteiger charge is 2.24. The number of fused-ring (bicyclic) bond motifs is 1. The number of hydrogen-bond acceptors (Lipinski definition) is 5. The first kappa shape index (κ1) is 20.2. The first-order valence-electron chi connectivity index (χ1n) is 9.89. The quantitative estimate of drug-likeness (QED) is 0.695. The SMILES string of the molecule is Cc1ccc(Cl)cc1N1CCC(CNC(=O)CSc2ccc3c(c2)OCCO3)C1. The van der Waals surface area contributed by atoms with Crippen LogP contribution in [0.25, 0.3) is 0 Å². The third-order valence-electron chi connectivity index (χ3n) is 5.27. The Morgan fingerprint density at radius 1 is 1.21 bits per heavy atom. The number of thioether (sulfide) groups is 1. The van der Waals surface area contributed by atoms with E-state index in [4.69, 9.17) is 21.1 Å². The topological polar surface area (TPSA) is 50.8 Å². The Labute approximate surface area is 180 Å². The van der Waals surface area contributed by atoms with Crippen molar-refractivity contribution >= 4 is 35.0 Å². The standard InChI is InChI=1S/C22H25ClN2O3S/c1-15-2-3-17(23)10-19(15)25-7-6-16(13-25)12-24-22(26)14-29-18-4-5-20-21(11-18)28-9-8-27-20/h2-5,10-11,16H,6-9,12-14H2,1H3,(H,24,26). The monoisotopic (exact) mass is 432 g/mol. The van der Waals surface area contributed by atoms with Gasteiger partial charge in [0, 0.05) is 35.2 Å². The van der Waals surface area contributed by atoms with Crippen molar-refractivity contribution in [3.63, 3.8) is 0 Å². The van der Waals surface area contributed by atoms with E-state index in [1.807, 2.05) is 30.3 Å². The molecule has 29 heavy (non-hydrogen) atoms. The number of rotatable bonds is 6. The number of anilines is 1. The summed E-state index contributed by atoms with van der Waals surface area (Å²) in [6.45, 7) is 5.89. The second-order valence-electron chi connectivity index (χ2n) is 7.43. The molecule has 1 atom stereocenters. The van der Waals surface area contributed by atoms with Gasteiger partial charge in [-0.1, -0.05) is 17.7 Å². The van der Waals surface area contributed by atoms with Gasteiger partial charge in [-0.15, -0.1) is 11.8 Å². The lowest BCUT2D eigenvalue weighted by Crippen LogP contribution is -2.32. The van der Waals surface area contributed by atoms with Crippen LogP contribution in [-0.4, -0.2) is 44.5 Å². The molecule has 1 amide bonds. The van der Waals surface area contributed by atoms with Crippen LogP contribution in [0.1, 0.15) is 12.0 Å². The van der Waals surface area contributed by atoms with Gasteiger partial charge in [-0.25, -0.2) is 0 Å². The number of nitrogens with zero attached hydrogens (tertiary/aromatic N) is 1. The van der Waals surface area contributed by atoms with E-state index in [9.17, 15) is 4.79 Å². The fourth-order valence-electron chi connectivity index (χ4n) is 3.71. The lowest BCUT2D eigenvalue weighted by Gasteiger charge is -2.21. The van der Waals surface area contributed by atoms with E-state index in [1.165, 1.54) is 23.0 Å². The largest absolute Gasteiger partial charge is 0.486 e. The lowest BCUT2D eigenvalue weighted by molar-refractivity contribution is -0.118. The summed E-state index contributed by atoms with van der Waals surface area (Å²) in [4.78, 5) is 15.7. The first-order valence-corrected chi connectivity index (χ1v) is 11.2. The van der Waals surface area contributed by atoms with Gasteiger partial charge in [0.25, 0.3) is 0 Å². The molecule has 4 rings (SSSR count). The van der Waals surface area contributed by atoms with Crippen molar-refractivity contribution < 1.29 is 14.3 Å². The van der Waals surface area contributed by atoms with Gasteiger partial charge in [0.2, 0.25) is 5.91 Å². The number of carbonyl (C=O) groups excluding carboxylic acids is 1. The van der Waals surface area contributed by atoms with Gasteiger partial charge in [0.05, 0.1) is 5.75 Å². The summed E-state index contributed by atoms with van der Waals surface area (Å²) in [5.74, 6) is 2.43. The van der Waals surface area contributed by atoms with Crippen LogP contribution in [-0.2, 0) is 4.79 Å². The van der Waals surface area contributed by atoms with Gasteiger partial charge in [-0.3, -0.25) is 4.79 Å². The normalized spacial score (nSPS) is 18.0. The molecule has 5 nitrogen and oxygen atoms in total. The van der Waals surface area contributed by atoms with Crippen LogP contribution in [0.5, 0.6) is 11.5 Å². The maximum Gasteiger partial charge on any atom is 0.230 e. The average molecular weight is 433 g/mol. The van der Waals surface area contributed by atoms with E-state index >= 15 is 0 Å². The molecule has 7 heteroatoms. The Morgan fingerprint density at radius 3 is 2.90 bits per heavy atom. The average Bonchev–Trinajstić information content (AvgIpc) is 3.21. The predicted molar refractivity (Wildman–Crippen MR) is 118 cm³/mol. The van der Waals surface area contributed by atoms with Crippen molar-refractivity contribution in [1.82, 2.24) is 5.32 Å². The number of ether oxygens (including phenoxy) is 2. The molecule has 1 saturated heterocycles. The second-order valence-corrected chi connectivity index (χ2v) is 8.91. The van der Waals surface area contributed by atoms with Crippen LogP contribution in [0.2, 0.25) is 5.02 Å². The van der Waals surface area contributed by atoms with Crippen molar-refractivity contribution in [3.05, 3.63) is 47.0 Å². The maximum atomic E-state index is 12.3. The molecule has 0 aromatic heterocycles. The zero-order valence-corrected chi connectivity index (χ0v) is 18.0. The third kappa shape index (κ3) is 5.11. The molecular weight excluding hydrogens is 408 g/mol. The van der Waals surface area contributed by atoms with E-state index in [-0.39, 0.29) is 5.91 Å². The number of hydrogen-bond donors (Lipinski definition) is 1. The van der Waals surface area contributed by atoms with Gasteiger partial charge in [-0.2, -0.15) is 0 Å². The van der Waals surface area contributed by atoms with Gasteiger partial charge < -0.3 is 19.7 Å². The first-order chi connectivity index (χ1) is 14.1. The summed E-state index contributed by atoms with van der Waals surface area (Å²) in [5, 5.41) is 3.85. The van der Waals surface area contributed by atoms with Crippen LogP contribution in [0.3, 0.4) is 0 Å². The molecule has 2 aliphatic rings. The number of nitrogens with one attached hydrogen (secondary N) is 1. The van der Waals surface area contributed by atoms with Gasteiger partial charge in [-0.05, 0) is 55.2 Å². The second kappa shape index (κ2) is 9.18. The molecule has 0 bridgehead atoms. The van der Waals surface area contributed by atoms with Crippen LogP contribution < -0.4 is 19.7 Å². The molecule has 2 heterocycles. The zero-order chi connectivity index (χ0) is 20.2. The Kier molecular flexibility index (Phi) is 6.40. The summed E-state index contributed by atoms with van der Waals surface area (Å²) in [7, 11) is 0. The van der Waals surface area contributed by atoms with E-state index in [0.717, 1.165) is 40.9 Å². The summed E-state index contributed by atoms with van der Waals surface area (Å²) >= 11 is 7.67. The van der Waals surface area contributed by atoms with E-state index < -0.39 is 0 Å². The van der Waals surface area contributed by atoms with Crippen molar-refractivity contribution in [2.24, 2.45) is 5.92 Å². The highest BCUT2D eigenvalue weighted by Crippen LogP contribution is 2.34. The maximum absolute atomic E-state index is 12.3. The van der Waals surface area contributed by atoms with Gasteiger partial charge in [0.1, 0.15) is 13.2 Å². The minimum atomic E-state index is 0.0577. The van der Waals surface area contributed by atoms with Crippen molar-refractivity contribution in [2.75, 3.05) is 43.5 Å². The molecule has 1 fully saturated rings. The summed E-state index contributed by atoms with van der Waals surface area (Å²) in [5.41, 5.74) is 2.43. The third-order valence-corrected chi connectivity index (χ3v) is 6.50. The molecular formula is C22H25ClN2O3S. The Bertz CT molecular complexity index is 892. The number of halogens is 1. The van der Waals surface area contributed by atoms with Crippen LogP contribution in [0.4, 0.5) is 5.69 Å². The highest BCUT2D eigenvalue weighted by molar-refractivity contribution is 8.00. The molecule has 1 unspecified atom stereocenters. The fraction of sp³-hybridized carbons (Fsp3) is 0.409. The minimum Gasteiger partial charge on any atom is -0.486 e. The zero-order valence-electron chi connectivity index (χ0n) is 16.4. The summed E-state index contributed by atoms with van der Waals surface area (Å²) in [6, 6.07) is 11.8. The van der Waals surface area contributed by atoms with Crippen molar-refractivity contribution in [3.8, 4) is 11.5 Å². The Morgan fingerprint density at radius 2 is 2.03 bits per heavy atom. The highest BCUT2D eigenvalue weighted by atomic mass is 35.5. The fourth-order valence-corrected chi connectivity index (χ4v) is 4.63. The predicted octanol–water partition coefficient (Wildman–Crippen LogP) is 4.15. The summed E-state index contributed by atoms with van der Waals surface area (Å²) < 4.78 is 11.1. The van der Waals surface area contributed by atoms with Gasteiger partial charge in [0.15, 0.2) is 11.5 Å². The molecule has 0 radical (unpaired) electrons. The molecule has 2 aromatic rings. The van der Waals surface area contributed by atoms with Crippen molar-refractivity contribution in [2.45, 2.75) is 18.2 Å². The smallest absolute Gasteiger partial charge is 0.230 e. The molecule has 0 spiro atoms. The molecule has 154 valence electrons. The lowest BCUT2D eigenvalue weighted by atomic mass is 10.1. The minimum absolute atomic E-state index is 0.0577. The van der Waals surface area contributed by atoms with Gasteiger partial charge >= 0.3 is 0 Å². The summed E-state index contributed by atoms with van der Waals surface area (Å²) in [6.07, 6.45) is 1.07. The van der Waals surface area contributed by atoms with Crippen LogP contribution >= 0.6 is 23.4 Å². The van der Waals surface area contributed by atoms with Crippen molar-refractivity contribution in [1.29, 1.82) is 0 Å².